The Kier molecular flexibility index (Phi) is 4.00. The molecule has 2 N–H and O–H groups in total. The molecular weight excluding hydrogens is 339 g/mol. The first-order valence-electron chi connectivity index (χ1n) is 5.06. The van der Waals surface area contributed by atoms with Crippen LogP contribution in [0.4, 0.5) is 5.69 Å². The smallest absolute Gasteiger partial charge is 0.218 e. The van der Waals surface area contributed by atoms with Gasteiger partial charge in [-0.05, 0) is 39.7 Å². The van der Waals surface area contributed by atoms with Gasteiger partial charge in [0, 0.05) is 29.0 Å². The molecule has 0 unspecified atom stereocenters. The summed E-state index contributed by atoms with van der Waals surface area (Å²) >= 11 is 15.2. The third-order valence-corrected chi connectivity index (χ3v) is 3.59. The zero-order chi connectivity index (χ0) is 13.3. The molecule has 3 nitrogen and oxygen atoms in total. The van der Waals surface area contributed by atoms with E-state index in [1.54, 1.807) is 35.2 Å². The molecule has 0 saturated carbocycles. The number of hydrogen-bond donors (Lipinski definition) is 1. The molecule has 0 saturated heterocycles. The van der Waals surface area contributed by atoms with Crippen LogP contribution in [0.2, 0.25) is 10.0 Å². The maximum atomic E-state index is 11.5. The highest BCUT2D eigenvalue weighted by molar-refractivity contribution is 9.10. The second kappa shape index (κ2) is 5.34. The number of rotatable bonds is 2. The van der Waals surface area contributed by atoms with Crippen LogP contribution < -0.4 is 11.2 Å². The highest BCUT2D eigenvalue weighted by Crippen LogP contribution is 2.22. The Balaban J connectivity index is 2.40. The topological polar surface area (TPSA) is 48.0 Å². The molecule has 0 radical (unpaired) electrons. The standard InChI is InChI=1S/C12H9BrCl2N2O/c13-9-5-17(6-11(16)12(9)18)4-7-3-8(14)1-2-10(7)15/h1-3,5-6H,4,16H2. The van der Waals surface area contributed by atoms with Gasteiger partial charge in [-0.1, -0.05) is 23.2 Å². The Morgan fingerprint density at radius 1 is 1.28 bits per heavy atom. The molecule has 1 aromatic heterocycles. The van der Waals surface area contributed by atoms with Crippen molar-refractivity contribution in [1.82, 2.24) is 4.57 Å². The van der Waals surface area contributed by atoms with E-state index in [4.69, 9.17) is 28.9 Å². The van der Waals surface area contributed by atoms with E-state index in [0.29, 0.717) is 21.1 Å². The number of nitrogen functional groups attached to an aromatic ring is 1. The zero-order valence-electron chi connectivity index (χ0n) is 9.16. The first-order chi connectivity index (χ1) is 8.47. The van der Waals surface area contributed by atoms with E-state index in [1.165, 1.54) is 0 Å². The predicted octanol–water partition coefficient (Wildman–Crippen LogP) is 3.55. The SMILES string of the molecule is Nc1cn(Cc2cc(Cl)ccc2Cl)cc(Br)c1=O. The van der Waals surface area contributed by atoms with Crippen LogP contribution in [-0.2, 0) is 6.54 Å². The third kappa shape index (κ3) is 2.88. The van der Waals surface area contributed by atoms with E-state index >= 15 is 0 Å². The van der Waals surface area contributed by atoms with Crippen LogP contribution in [-0.4, -0.2) is 4.57 Å². The van der Waals surface area contributed by atoms with Crippen molar-refractivity contribution < 1.29 is 0 Å². The van der Waals surface area contributed by atoms with Gasteiger partial charge in [-0.3, -0.25) is 4.79 Å². The van der Waals surface area contributed by atoms with Crippen LogP contribution in [0.25, 0.3) is 0 Å². The lowest BCUT2D eigenvalue weighted by Crippen LogP contribution is -2.13. The summed E-state index contributed by atoms with van der Waals surface area (Å²) < 4.78 is 2.19. The lowest BCUT2D eigenvalue weighted by molar-refractivity contribution is 0.787. The molecule has 0 bridgehead atoms. The molecule has 6 heteroatoms. The van der Waals surface area contributed by atoms with Crippen molar-refractivity contribution in [2.24, 2.45) is 0 Å². The Bertz CT molecular complexity index is 629. The molecule has 0 spiro atoms. The summed E-state index contributed by atoms with van der Waals surface area (Å²) in [5.41, 5.74) is 6.44. The maximum absolute atomic E-state index is 11.5. The van der Waals surface area contributed by atoms with E-state index in [2.05, 4.69) is 15.9 Å². The van der Waals surface area contributed by atoms with Gasteiger partial charge in [0.1, 0.15) is 0 Å². The fraction of sp³-hybridized carbons (Fsp3) is 0.0833. The minimum Gasteiger partial charge on any atom is -0.394 e. The van der Waals surface area contributed by atoms with Crippen molar-refractivity contribution in [2.75, 3.05) is 5.73 Å². The number of halogens is 3. The minimum absolute atomic E-state index is 0.183. The Morgan fingerprint density at radius 3 is 2.67 bits per heavy atom. The average molecular weight is 348 g/mol. The summed E-state index contributed by atoms with van der Waals surface area (Å²) in [7, 11) is 0. The molecule has 0 fully saturated rings. The summed E-state index contributed by atoms with van der Waals surface area (Å²) in [6, 6.07) is 5.25. The zero-order valence-corrected chi connectivity index (χ0v) is 12.3. The Hall–Kier alpha value is -0.970. The number of anilines is 1. The van der Waals surface area contributed by atoms with Crippen molar-refractivity contribution in [3.05, 3.63) is 60.9 Å². The van der Waals surface area contributed by atoms with Gasteiger partial charge in [0.2, 0.25) is 5.43 Å². The third-order valence-electron chi connectivity index (χ3n) is 2.42. The normalized spacial score (nSPS) is 10.6. The van der Waals surface area contributed by atoms with E-state index in [0.717, 1.165) is 5.56 Å². The van der Waals surface area contributed by atoms with Crippen molar-refractivity contribution in [3.8, 4) is 0 Å². The van der Waals surface area contributed by atoms with Gasteiger partial charge >= 0.3 is 0 Å². The van der Waals surface area contributed by atoms with Gasteiger partial charge in [-0.25, -0.2) is 0 Å². The number of nitrogens with two attached hydrogens (primary N) is 1. The average Bonchev–Trinajstić information content (AvgIpc) is 2.31. The summed E-state index contributed by atoms with van der Waals surface area (Å²) in [5.74, 6) is 0. The van der Waals surface area contributed by atoms with Crippen LogP contribution >= 0.6 is 39.1 Å². The van der Waals surface area contributed by atoms with E-state index in [9.17, 15) is 4.79 Å². The molecule has 2 aromatic rings. The van der Waals surface area contributed by atoms with Crippen molar-refractivity contribution in [1.29, 1.82) is 0 Å². The maximum Gasteiger partial charge on any atom is 0.218 e. The molecule has 0 aliphatic rings. The molecule has 0 aliphatic heterocycles. The highest BCUT2D eigenvalue weighted by Gasteiger charge is 2.05. The summed E-state index contributed by atoms with van der Waals surface area (Å²) in [6.45, 7) is 0.489. The van der Waals surface area contributed by atoms with E-state index in [1.807, 2.05) is 0 Å². The second-order valence-electron chi connectivity index (χ2n) is 3.80. The van der Waals surface area contributed by atoms with Gasteiger partial charge in [0.15, 0.2) is 0 Å². The number of aromatic nitrogens is 1. The van der Waals surface area contributed by atoms with Gasteiger partial charge in [-0.15, -0.1) is 0 Å². The summed E-state index contributed by atoms with van der Waals surface area (Å²) in [6.07, 6.45) is 3.24. The van der Waals surface area contributed by atoms with Gasteiger partial charge in [-0.2, -0.15) is 0 Å². The lowest BCUT2D eigenvalue weighted by atomic mass is 10.2. The van der Waals surface area contributed by atoms with Crippen LogP contribution in [0.5, 0.6) is 0 Å². The second-order valence-corrected chi connectivity index (χ2v) is 5.50. The van der Waals surface area contributed by atoms with Gasteiger partial charge in [0.25, 0.3) is 0 Å². The van der Waals surface area contributed by atoms with Crippen LogP contribution in [0.15, 0.2) is 39.9 Å². The number of hydrogen-bond acceptors (Lipinski definition) is 2. The van der Waals surface area contributed by atoms with Gasteiger partial charge in [0.05, 0.1) is 10.2 Å². The molecule has 18 heavy (non-hydrogen) atoms. The molecule has 1 heterocycles. The first-order valence-corrected chi connectivity index (χ1v) is 6.61. The Labute approximate surface area is 122 Å². The van der Waals surface area contributed by atoms with E-state index in [-0.39, 0.29) is 11.1 Å². The van der Waals surface area contributed by atoms with Crippen LogP contribution in [0, 0.1) is 0 Å². The molecule has 94 valence electrons. The summed E-state index contributed by atoms with van der Waals surface area (Å²) in [5, 5.41) is 1.23. The fourth-order valence-electron chi connectivity index (χ4n) is 1.57. The number of pyridine rings is 1. The van der Waals surface area contributed by atoms with Crippen molar-refractivity contribution >= 4 is 44.8 Å². The molecular formula is C12H9BrCl2N2O. The monoisotopic (exact) mass is 346 g/mol. The summed E-state index contributed by atoms with van der Waals surface area (Å²) in [4.78, 5) is 11.5. The van der Waals surface area contributed by atoms with Gasteiger partial charge < -0.3 is 10.3 Å². The Morgan fingerprint density at radius 2 is 2.00 bits per heavy atom. The molecule has 2 rings (SSSR count). The quantitative estimate of drug-likeness (QED) is 0.903. The van der Waals surface area contributed by atoms with Crippen molar-refractivity contribution in [3.63, 3.8) is 0 Å². The lowest BCUT2D eigenvalue weighted by Gasteiger charge is -2.10. The molecule has 0 atom stereocenters. The van der Waals surface area contributed by atoms with Crippen LogP contribution in [0.3, 0.4) is 0 Å². The fourth-order valence-corrected chi connectivity index (χ4v) is 2.43. The highest BCUT2D eigenvalue weighted by atomic mass is 79.9. The van der Waals surface area contributed by atoms with Crippen molar-refractivity contribution in [2.45, 2.75) is 6.54 Å². The predicted molar refractivity (Wildman–Crippen MR) is 78.4 cm³/mol. The van der Waals surface area contributed by atoms with Crippen LogP contribution in [0.1, 0.15) is 5.56 Å². The van der Waals surface area contributed by atoms with E-state index < -0.39 is 0 Å². The largest absolute Gasteiger partial charge is 0.394 e. The number of nitrogens with zero attached hydrogens (tertiary/aromatic N) is 1. The number of benzene rings is 1. The minimum atomic E-state index is -0.219. The molecule has 0 amide bonds. The molecule has 1 aromatic carbocycles. The molecule has 0 aliphatic carbocycles. The first kappa shape index (κ1) is 13.5.